The first-order chi connectivity index (χ1) is 22.7. The molecule has 248 valence electrons. The summed E-state index contributed by atoms with van der Waals surface area (Å²) < 4.78 is 18.1. The third kappa shape index (κ3) is 9.31. The van der Waals surface area contributed by atoms with Crippen molar-refractivity contribution in [2.24, 2.45) is 27.2 Å². The van der Waals surface area contributed by atoms with E-state index in [4.69, 9.17) is 19.7 Å². The van der Waals surface area contributed by atoms with Crippen molar-refractivity contribution >= 4 is 12.1 Å². The summed E-state index contributed by atoms with van der Waals surface area (Å²) in [7, 11) is 0. The number of amides is 1. The molecule has 0 spiro atoms. The molecule has 9 atom stereocenters. The Balaban J connectivity index is 1.60. The van der Waals surface area contributed by atoms with Gasteiger partial charge in [-0.1, -0.05) is 82.9 Å². The van der Waals surface area contributed by atoms with Crippen LogP contribution < -0.4 is 0 Å². The zero-order valence-corrected chi connectivity index (χ0v) is 26.7. The number of hydrogen-bond acceptors (Lipinski definition) is 8. The molecule has 0 heterocycles. The van der Waals surface area contributed by atoms with Gasteiger partial charge in [0.15, 0.2) is 0 Å². The van der Waals surface area contributed by atoms with Crippen LogP contribution in [0, 0.1) is 11.8 Å². The second-order valence-corrected chi connectivity index (χ2v) is 12.1. The maximum atomic E-state index is 13.6. The SMILES string of the molecule is CC(=O)O[C@@H]1[C@@H](C)[C@H](N=[N+]=[N-])C[C@H](N=[N+]=[N-])[C@H]1O[C@H]1C[C@H]([C@H](C)N(Cc2ccccc2)C(=O)OCc2ccccc2)CCC1N=[N+]=[N-]. The van der Waals surface area contributed by atoms with Crippen LogP contribution in [0.1, 0.15) is 57.6 Å². The molecule has 4 rings (SSSR count). The molecule has 47 heavy (non-hydrogen) atoms. The number of rotatable bonds is 12. The minimum Gasteiger partial charge on any atom is -0.459 e. The van der Waals surface area contributed by atoms with Gasteiger partial charge < -0.3 is 19.1 Å². The molecule has 15 nitrogen and oxygen atoms in total. The van der Waals surface area contributed by atoms with Gasteiger partial charge in [0.25, 0.3) is 0 Å². The average molecular weight is 645 g/mol. The average Bonchev–Trinajstić information content (AvgIpc) is 3.07. The first kappa shape index (κ1) is 34.9. The van der Waals surface area contributed by atoms with Crippen molar-refractivity contribution in [2.45, 2.75) is 102 Å². The van der Waals surface area contributed by atoms with E-state index in [-0.39, 0.29) is 25.0 Å². The van der Waals surface area contributed by atoms with Crippen LogP contribution in [-0.4, -0.2) is 59.4 Å². The summed E-state index contributed by atoms with van der Waals surface area (Å²) in [4.78, 5) is 36.5. The molecule has 2 saturated carbocycles. The summed E-state index contributed by atoms with van der Waals surface area (Å²) >= 11 is 0. The minimum atomic E-state index is -0.890. The lowest BCUT2D eigenvalue weighted by Gasteiger charge is -2.46. The van der Waals surface area contributed by atoms with E-state index in [0.29, 0.717) is 25.8 Å². The van der Waals surface area contributed by atoms with Crippen molar-refractivity contribution in [3.8, 4) is 0 Å². The number of hydrogen-bond donors (Lipinski definition) is 0. The normalized spacial score (nSPS) is 27.5. The fourth-order valence-electron chi connectivity index (χ4n) is 6.61. The molecule has 0 saturated heterocycles. The number of benzene rings is 2. The maximum Gasteiger partial charge on any atom is 0.410 e. The number of carbonyl (C=O) groups excluding carboxylic acids is 2. The number of carbonyl (C=O) groups is 2. The number of ether oxygens (including phenoxy) is 3. The van der Waals surface area contributed by atoms with Crippen molar-refractivity contribution in [1.82, 2.24) is 4.90 Å². The summed E-state index contributed by atoms with van der Waals surface area (Å²) in [5.74, 6) is -1.09. The van der Waals surface area contributed by atoms with Crippen molar-refractivity contribution in [2.75, 3.05) is 0 Å². The highest BCUT2D eigenvalue weighted by Gasteiger charge is 2.48. The molecule has 2 aliphatic carbocycles. The first-order valence-electron chi connectivity index (χ1n) is 15.7. The van der Waals surface area contributed by atoms with E-state index in [1.807, 2.05) is 67.6 Å². The second-order valence-electron chi connectivity index (χ2n) is 12.1. The summed E-state index contributed by atoms with van der Waals surface area (Å²) in [6.07, 6.45) is -1.15. The molecule has 0 N–H and O–H groups in total. The lowest BCUT2D eigenvalue weighted by atomic mass is 9.77. The first-order valence-corrected chi connectivity index (χ1v) is 15.7. The molecule has 1 amide bonds. The van der Waals surface area contributed by atoms with Gasteiger partial charge in [-0.25, -0.2) is 4.79 Å². The summed E-state index contributed by atoms with van der Waals surface area (Å²) in [6.45, 7) is 5.48. The van der Waals surface area contributed by atoms with Gasteiger partial charge in [0.1, 0.15) is 18.8 Å². The van der Waals surface area contributed by atoms with Crippen molar-refractivity contribution in [3.63, 3.8) is 0 Å². The van der Waals surface area contributed by atoms with Crippen molar-refractivity contribution in [3.05, 3.63) is 103 Å². The Morgan fingerprint density at radius 2 is 1.45 bits per heavy atom. The largest absolute Gasteiger partial charge is 0.459 e. The van der Waals surface area contributed by atoms with E-state index >= 15 is 0 Å². The van der Waals surface area contributed by atoms with Gasteiger partial charge in [0, 0.05) is 46.2 Å². The maximum absolute atomic E-state index is 13.6. The van der Waals surface area contributed by atoms with Crippen molar-refractivity contribution in [1.29, 1.82) is 0 Å². The Labute approximate surface area is 273 Å². The highest BCUT2D eigenvalue weighted by atomic mass is 16.6. The fourth-order valence-corrected chi connectivity index (χ4v) is 6.61. The van der Waals surface area contributed by atoms with E-state index in [2.05, 4.69) is 30.1 Å². The Bertz CT molecular complexity index is 1490. The smallest absolute Gasteiger partial charge is 0.410 e. The zero-order valence-electron chi connectivity index (χ0n) is 26.7. The number of esters is 1. The fraction of sp³-hybridized carbons (Fsp3) is 0.562. The van der Waals surface area contributed by atoms with Crippen LogP contribution in [0.5, 0.6) is 0 Å². The van der Waals surface area contributed by atoms with Crippen LogP contribution in [0.2, 0.25) is 0 Å². The topological polar surface area (TPSA) is 211 Å². The van der Waals surface area contributed by atoms with Gasteiger partial charge in [-0.2, -0.15) is 0 Å². The molecule has 15 heteroatoms. The zero-order chi connectivity index (χ0) is 33.8. The van der Waals surface area contributed by atoms with Gasteiger partial charge in [-0.3, -0.25) is 4.79 Å². The van der Waals surface area contributed by atoms with Crippen LogP contribution in [0.4, 0.5) is 4.79 Å². The molecule has 1 unspecified atom stereocenters. The molecule has 0 aliphatic heterocycles. The standard InChI is InChI=1S/C32H40N10O5/c1-20-27(37-40-34)17-28(38-41-35)31(30(20)46-22(3)43)47-29-16-25(14-15-26(29)36-39-33)21(2)42(18-23-10-6-4-7-11-23)32(44)45-19-24-12-8-5-9-13-24/h4-13,20-21,25-31H,14-19H2,1-3H3/t20-,21-,25+,26?,27+,28-,29-,30+,31+/m0/s1. The molecular weight excluding hydrogens is 604 g/mol. The molecule has 2 aliphatic rings. The molecule has 2 aromatic rings. The van der Waals surface area contributed by atoms with Crippen LogP contribution in [-0.2, 0) is 32.2 Å². The van der Waals surface area contributed by atoms with Gasteiger partial charge in [0.05, 0.1) is 18.2 Å². The summed E-state index contributed by atoms with van der Waals surface area (Å²) in [5.41, 5.74) is 29.7. The van der Waals surface area contributed by atoms with Crippen LogP contribution in [0.3, 0.4) is 0 Å². The third-order valence-corrected chi connectivity index (χ3v) is 9.15. The Hall–Kier alpha value is -4.93. The Morgan fingerprint density at radius 1 is 0.851 bits per heavy atom. The van der Waals surface area contributed by atoms with Gasteiger partial charge >= 0.3 is 12.1 Å². The summed E-state index contributed by atoms with van der Waals surface area (Å²) in [6, 6.07) is 16.9. The van der Waals surface area contributed by atoms with Gasteiger partial charge in [0.2, 0.25) is 0 Å². The Kier molecular flexibility index (Phi) is 12.7. The van der Waals surface area contributed by atoms with Crippen LogP contribution in [0.25, 0.3) is 31.3 Å². The van der Waals surface area contributed by atoms with E-state index in [9.17, 15) is 20.7 Å². The third-order valence-electron chi connectivity index (χ3n) is 9.15. The molecule has 2 fully saturated rings. The monoisotopic (exact) mass is 644 g/mol. The molecular formula is C32H40N10O5. The summed E-state index contributed by atoms with van der Waals surface area (Å²) in [5, 5.41) is 11.8. The van der Waals surface area contributed by atoms with Gasteiger partial charge in [-0.05, 0) is 66.2 Å². The highest BCUT2D eigenvalue weighted by Crippen LogP contribution is 2.39. The van der Waals surface area contributed by atoms with Gasteiger partial charge in [-0.15, -0.1) is 0 Å². The predicted molar refractivity (Wildman–Crippen MR) is 172 cm³/mol. The van der Waals surface area contributed by atoms with E-state index < -0.39 is 54.4 Å². The number of azide groups is 3. The Morgan fingerprint density at radius 3 is 2.06 bits per heavy atom. The van der Waals surface area contributed by atoms with Crippen molar-refractivity contribution < 1.29 is 23.8 Å². The van der Waals surface area contributed by atoms with E-state index in [1.165, 1.54) is 6.92 Å². The van der Waals surface area contributed by atoms with Crippen LogP contribution in [0.15, 0.2) is 76.0 Å². The molecule has 0 bridgehead atoms. The highest BCUT2D eigenvalue weighted by molar-refractivity contribution is 5.68. The van der Waals surface area contributed by atoms with E-state index in [0.717, 1.165) is 11.1 Å². The molecule has 0 radical (unpaired) electrons. The lowest BCUT2D eigenvalue weighted by Crippen LogP contribution is -2.56. The number of nitrogens with zero attached hydrogens (tertiary/aromatic N) is 10. The lowest BCUT2D eigenvalue weighted by molar-refractivity contribution is -0.178. The van der Waals surface area contributed by atoms with E-state index in [1.54, 1.807) is 11.8 Å². The minimum absolute atomic E-state index is 0.0832. The van der Waals surface area contributed by atoms with Crippen LogP contribution >= 0.6 is 0 Å². The predicted octanol–water partition coefficient (Wildman–Crippen LogP) is 7.78. The quantitative estimate of drug-likeness (QED) is 0.0977. The molecule has 0 aromatic heterocycles. The molecule has 2 aromatic carbocycles. The second kappa shape index (κ2) is 17.1.